The summed E-state index contributed by atoms with van der Waals surface area (Å²) in [5.74, 6) is 0.940. The molecule has 0 bridgehead atoms. The van der Waals surface area contributed by atoms with Crippen molar-refractivity contribution in [3.05, 3.63) is 33.3 Å². The van der Waals surface area contributed by atoms with Crippen LogP contribution in [-0.2, 0) is 0 Å². The number of benzene rings is 1. The van der Waals surface area contributed by atoms with E-state index in [-0.39, 0.29) is 0 Å². The smallest absolute Gasteiger partial charge is 0.125 e. The van der Waals surface area contributed by atoms with Crippen LogP contribution in [0, 0.1) is 13.8 Å². The van der Waals surface area contributed by atoms with Crippen molar-refractivity contribution in [1.82, 2.24) is 0 Å². The van der Waals surface area contributed by atoms with Gasteiger partial charge in [0.15, 0.2) is 0 Å². The van der Waals surface area contributed by atoms with Crippen LogP contribution in [0.15, 0.2) is 16.6 Å². The largest absolute Gasteiger partial charge is 0.496 e. The van der Waals surface area contributed by atoms with Gasteiger partial charge in [-0.3, -0.25) is 0 Å². The second-order valence-electron chi connectivity index (χ2n) is 3.39. The van der Waals surface area contributed by atoms with E-state index >= 15 is 0 Å². The molecule has 0 heterocycles. The Morgan fingerprint density at radius 2 is 2.13 bits per heavy atom. The second-order valence-corrected chi connectivity index (χ2v) is 4.24. The van der Waals surface area contributed by atoms with Crippen LogP contribution in [0.5, 0.6) is 5.75 Å². The summed E-state index contributed by atoms with van der Waals surface area (Å²) in [6, 6.07) is 2.06. The number of nitrogens with two attached hydrogens (primary N) is 1. The third kappa shape index (κ3) is 2.61. The highest BCUT2D eigenvalue weighted by molar-refractivity contribution is 9.10. The van der Waals surface area contributed by atoms with Gasteiger partial charge >= 0.3 is 0 Å². The SMILES string of the molecule is COc1c(C)cc(Br)c(/C=C/CN)c1C. The molecule has 0 saturated heterocycles. The Morgan fingerprint density at radius 1 is 1.47 bits per heavy atom. The second kappa shape index (κ2) is 5.33. The Bertz CT molecular complexity index is 386. The van der Waals surface area contributed by atoms with Crippen molar-refractivity contribution in [2.75, 3.05) is 13.7 Å². The zero-order valence-electron chi connectivity index (χ0n) is 9.30. The van der Waals surface area contributed by atoms with E-state index in [0.29, 0.717) is 6.54 Å². The van der Waals surface area contributed by atoms with Crippen molar-refractivity contribution in [1.29, 1.82) is 0 Å². The molecule has 0 saturated carbocycles. The highest BCUT2D eigenvalue weighted by atomic mass is 79.9. The van der Waals surface area contributed by atoms with Gasteiger partial charge in [0.25, 0.3) is 0 Å². The third-order valence-electron chi connectivity index (χ3n) is 2.33. The van der Waals surface area contributed by atoms with Crippen LogP contribution in [-0.4, -0.2) is 13.7 Å². The van der Waals surface area contributed by atoms with E-state index in [1.807, 2.05) is 26.0 Å². The molecule has 0 aliphatic rings. The minimum atomic E-state index is 0.544. The molecule has 15 heavy (non-hydrogen) atoms. The van der Waals surface area contributed by atoms with Crippen LogP contribution >= 0.6 is 15.9 Å². The molecule has 0 fully saturated rings. The maximum atomic E-state index is 5.44. The molecule has 0 aliphatic heterocycles. The molecule has 1 aromatic carbocycles. The zero-order chi connectivity index (χ0) is 11.4. The summed E-state index contributed by atoms with van der Waals surface area (Å²) in [6.07, 6.45) is 3.95. The first kappa shape index (κ1) is 12.3. The molecule has 0 amide bonds. The summed E-state index contributed by atoms with van der Waals surface area (Å²) in [7, 11) is 1.69. The maximum absolute atomic E-state index is 5.44. The fraction of sp³-hybridized carbons (Fsp3) is 0.333. The zero-order valence-corrected chi connectivity index (χ0v) is 10.9. The fourth-order valence-corrected chi connectivity index (χ4v) is 2.41. The number of hydrogen-bond donors (Lipinski definition) is 1. The van der Waals surface area contributed by atoms with Gasteiger partial charge in [-0.2, -0.15) is 0 Å². The van der Waals surface area contributed by atoms with E-state index in [1.54, 1.807) is 7.11 Å². The van der Waals surface area contributed by atoms with E-state index < -0.39 is 0 Å². The van der Waals surface area contributed by atoms with Gasteiger partial charge in [-0.25, -0.2) is 0 Å². The Balaban J connectivity index is 3.32. The molecular weight excluding hydrogens is 254 g/mol. The quantitative estimate of drug-likeness (QED) is 0.916. The topological polar surface area (TPSA) is 35.2 Å². The maximum Gasteiger partial charge on any atom is 0.125 e. The van der Waals surface area contributed by atoms with E-state index in [0.717, 1.165) is 26.9 Å². The van der Waals surface area contributed by atoms with E-state index in [9.17, 15) is 0 Å². The monoisotopic (exact) mass is 269 g/mol. The predicted molar refractivity (Wildman–Crippen MR) is 68.3 cm³/mol. The van der Waals surface area contributed by atoms with Gasteiger partial charge in [-0.1, -0.05) is 28.1 Å². The van der Waals surface area contributed by atoms with Crippen LogP contribution in [0.25, 0.3) is 6.08 Å². The van der Waals surface area contributed by atoms with E-state index in [2.05, 4.69) is 22.0 Å². The lowest BCUT2D eigenvalue weighted by molar-refractivity contribution is 0.408. The van der Waals surface area contributed by atoms with Gasteiger partial charge in [0.1, 0.15) is 5.75 Å². The summed E-state index contributed by atoms with van der Waals surface area (Å²) in [4.78, 5) is 0. The number of ether oxygens (including phenoxy) is 1. The van der Waals surface area contributed by atoms with Gasteiger partial charge in [-0.15, -0.1) is 0 Å². The fourth-order valence-electron chi connectivity index (χ4n) is 1.64. The van der Waals surface area contributed by atoms with Crippen molar-refractivity contribution >= 4 is 22.0 Å². The van der Waals surface area contributed by atoms with Crippen LogP contribution in [0.1, 0.15) is 16.7 Å². The average molecular weight is 270 g/mol. The number of halogens is 1. The number of hydrogen-bond acceptors (Lipinski definition) is 2. The van der Waals surface area contributed by atoms with Crippen molar-refractivity contribution in [3.63, 3.8) is 0 Å². The van der Waals surface area contributed by atoms with Crippen LogP contribution < -0.4 is 10.5 Å². The minimum Gasteiger partial charge on any atom is -0.496 e. The van der Waals surface area contributed by atoms with Crippen molar-refractivity contribution in [3.8, 4) is 5.75 Å². The molecule has 2 nitrogen and oxygen atoms in total. The first-order valence-corrected chi connectivity index (χ1v) is 5.61. The third-order valence-corrected chi connectivity index (χ3v) is 2.98. The van der Waals surface area contributed by atoms with E-state index in [1.165, 1.54) is 0 Å². The van der Waals surface area contributed by atoms with Crippen molar-refractivity contribution < 1.29 is 4.74 Å². The molecule has 0 aliphatic carbocycles. The van der Waals surface area contributed by atoms with Gasteiger partial charge in [0.2, 0.25) is 0 Å². The highest BCUT2D eigenvalue weighted by Crippen LogP contribution is 2.32. The lowest BCUT2D eigenvalue weighted by Gasteiger charge is -2.13. The van der Waals surface area contributed by atoms with Crippen molar-refractivity contribution in [2.24, 2.45) is 5.73 Å². The normalized spacial score (nSPS) is 11.0. The highest BCUT2D eigenvalue weighted by Gasteiger charge is 2.09. The van der Waals surface area contributed by atoms with Crippen LogP contribution in [0.4, 0.5) is 0 Å². The van der Waals surface area contributed by atoms with Crippen LogP contribution in [0.2, 0.25) is 0 Å². The minimum absolute atomic E-state index is 0.544. The Kier molecular flexibility index (Phi) is 4.36. The van der Waals surface area contributed by atoms with Gasteiger partial charge < -0.3 is 10.5 Å². The molecule has 0 radical (unpaired) electrons. The lowest BCUT2D eigenvalue weighted by atomic mass is 10.0. The molecule has 1 rings (SSSR count). The molecule has 1 aromatic rings. The number of methoxy groups -OCH3 is 1. The summed E-state index contributed by atoms with van der Waals surface area (Å²) >= 11 is 3.54. The molecule has 0 aromatic heterocycles. The Hall–Kier alpha value is -0.800. The summed E-state index contributed by atoms with van der Waals surface area (Å²) in [6.45, 7) is 4.63. The molecular formula is C12H16BrNO. The predicted octanol–water partition coefficient (Wildman–Crippen LogP) is 3.05. The van der Waals surface area contributed by atoms with Gasteiger partial charge in [0, 0.05) is 11.0 Å². The number of rotatable bonds is 3. The molecule has 2 N–H and O–H groups in total. The summed E-state index contributed by atoms with van der Waals surface area (Å²) < 4.78 is 6.44. The Labute approximate surface area is 99.3 Å². The van der Waals surface area contributed by atoms with Crippen molar-refractivity contribution in [2.45, 2.75) is 13.8 Å². The number of aryl methyl sites for hydroxylation is 1. The molecule has 0 spiro atoms. The van der Waals surface area contributed by atoms with Crippen LogP contribution in [0.3, 0.4) is 0 Å². The molecule has 3 heteroatoms. The average Bonchev–Trinajstić information content (AvgIpc) is 2.17. The first-order chi connectivity index (χ1) is 7.11. The lowest BCUT2D eigenvalue weighted by Crippen LogP contribution is -1.96. The standard InChI is InChI=1S/C12H16BrNO/c1-8-7-11(13)10(5-4-6-14)9(2)12(8)15-3/h4-5,7H,6,14H2,1-3H3/b5-4+. The first-order valence-electron chi connectivity index (χ1n) is 4.82. The summed E-state index contributed by atoms with van der Waals surface area (Å²) in [5.41, 5.74) is 8.84. The summed E-state index contributed by atoms with van der Waals surface area (Å²) in [5, 5.41) is 0. The van der Waals surface area contributed by atoms with E-state index in [4.69, 9.17) is 10.5 Å². The molecule has 82 valence electrons. The van der Waals surface area contributed by atoms with Gasteiger partial charge in [-0.05, 0) is 36.6 Å². The molecule has 0 unspecified atom stereocenters. The Morgan fingerprint density at radius 3 is 2.67 bits per heavy atom. The molecule has 0 atom stereocenters. The van der Waals surface area contributed by atoms with Gasteiger partial charge in [0.05, 0.1) is 7.11 Å².